The minimum absolute atomic E-state index is 0.126. The van der Waals surface area contributed by atoms with E-state index in [1.165, 1.54) is 25.7 Å². The number of nitrogens with zero attached hydrogens (tertiary/aromatic N) is 1. The largest absolute Gasteiger partial charge is 0.151 e. The lowest BCUT2D eigenvalue weighted by Crippen LogP contribution is -2.23. The Hall–Kier alpha value is -0.400. The highest BCUT2D eigenvalue weighted by Crippen LogP contribution is 2.31. The van der Waals surface area contributed by atoms with Crippen LogP contribution in [0.25, 0.3) is 0 Å². The van der Waals surface area contributed by atoms with Crippen LogP contribution in [0.4, 0.5) is 0 Å². The summed E-state index contributed by atoms with van der Waals surface area (Å²) in [6.07, 6.45) is 5.92. The molecule has 2 unspecified atom stereocenters. The Morgan fingerprint density at radius 1 is 1.33 bits per heavy atom. The summed E-state index contributed by atoms with van der Waals surface area (Å²) in [5, 5.41) is 3.23. The molecule has 2 nitrogen and oxygen atoms in total. The molecule has 0 aromatic carbocycles. The maximum atomic E-state index is 10.5. The first kappa shape index (κ1) is 9.69. The van der Waals surface area contributed by atoms with Crippen LogP contribution >= 0.6 is 0 Å². The molecular formula is C10H19NO. The summed E-state index contributed by atoms with van der Waals surface area (Å²) < 4.78 is 0. The zero-order valence-corrected chi connectivity index (χ0v) is 8.12. The molecule has 1 aliphatic rings. The van der Waals surface area contributed by atoms with Gasteiger partial charge in [0.25, 0.3) is 0 Å². The fourth-order valence-electron chi connectivity index (χ4n) is 2.21. The smallest absolute Gasteiger partial charge is 0.0947 e. The second kappa shape index (κ2) is 4.58. The highest BCUT2D eigenvalue weighted by atomic mass is 16.3. The fourth-order valence-corrected chi connectivity index (χ4v) is 2.21. The first-order chi connectivity index (χ1) is 5.74. The van der Waals surface area contributed by atoms with Crippen LogP contribution in [0.3, 0.4) is 0 Å². The van der Waals surface area contributed by atoms with E-state index in [2.05, 4.69) is 19.0 Å². The van der Waals surface area contributed by atoms with Gasteiger partial charge in [-0.15, -0.1) is 0 Å². The van der Waals surface area contributed by atoms with Gasteiger partial charge >= 0.3 is 0 Å². The van der Waals surface area contributed by atoms with Gasteiger partial charge in [0, 0.05) is 0 Å². The van der Waals surface area contributed by atoms with Crippen molar-refractivity contribution >= 4 is 0 Å². The van der Waals surface area contributed by atoms with Crippen molar-refractivity contribution in [1.29, 1.82) is 0 Å². The van der Waals surface area contributed by atoms with Crippen LogP contribution in [0.2, 0.25) is 0 Å². The maximum absolute atomic E-state index is 10.5. The summed E-state index contributed by atoms with van der Waals surface area (Å²) in [6.45, 7) is 4.44. The zero-order valence-electron chi connectivity index (χ0n) is 8.12. The third-order valence-corrected chi connectivity index (χ3v) is 2.78. The first-order valence-corrected chi connectivity index (χ1v) is 5.06. The van der Waals surface area contributed by atoms with E-state index < -0.39 is 0 Å². The van der Waals surface area contributed by atoms with E-state index in [1.807, 2.05) is 0 Å². The summed E-state index contributed by atoms with van der Waals surface area (Å²) in [5.74, 6) is 1.29. The number of hydrogen-bond donors (Lipinski definition) is 0. The Labute approximate surface area is 74.7 Å². The monoisotopic (exact) mass is 169 g/mol. The summed E-state index contributed by atoms with van der Waals surface area (Å²) in [4.78, 5) is 10.5. The fraction of sp³-hybridized carbons (Fsp3) is 1.00. The van der Waals surface area contributed by atoms with Crippen LogP contribution in [0.5, 0.6) is 0 Å². The lowest BCUT2D eigenvalue weighted by Gasteiger charge is -2.27. The van der Waals surface area contributed by atoms with Crippen LogP contribution in [0.1, 0.15) is 46.0 Å². The normalized spacial score (nSPS) is 30.6. The summed E-state index contributed by atoms with van der Waals surface area (Å²) in [7, 11) is 0. The van der Waals surface area contributed by atoms with Gasteiger partial charge in [0.2, 0.25) is 0 Å². The van der Waals surface area contributed by atoms with Crippen molar-refractivity contribution in [3.05, 3.63) is 4.91 Å². The van der Waals surface area contributed by atoms with Gasteiger partial charge < -0.3 is 0 Å². The van der Waals surface area contributed by atoms with E-state index in [1.54, 1.807) is 0 Å². The van der Waals surface area contributed by atoms with Gasteiger partial charge in [0.1, 0.15) is 0 Å². The Morgan fingerprint density at radius 2 is 2.00 bits per heavy atom. The molecule has 2 atom stereocenters. The summed E-state index contributed by atoms with van der Waals surface area (Å²) in [5.41, 5.74) is 0. The maximum Gasteiger partial charge on any atom is 0.0947 e. The van der Waals surface area contributed by atoms with Gasteiger partial charge in [-0.3, -0.25) is 0 Å². The van der Waals surface area contributed by atoms with Crippen molar-refractivity contribution in [2.24, 2.45) is 17.0 Å². The van der Waals surface area contributed by atoms with Gasteiger partial charge in [-0.05, 0) is 31.1 Å². The average molecular weight is 169 g/mol. The predicted molar refractivity (Wildman–Crippen MR) is 51.0 cm³/mol. The summed E-state index contributed by atoms with van der Waals surface area (Å²) >= 11 is 0. The van der Waals surface area contributed by atoms with Crippen LogP contribution in [0.15, 0.2) is 5.18 Å². The third kappa shape index (κ3) is 2.58. The average Bonchev–Trinajstić information content (AvgIpc) is 2.04. The lowest BCUT2D eigenvalue weighted by molar-refractivity contribution is 0.265. The summed E-state index contributed by atoms with van der Waals surface area (Å²) in [6, 6.07) is 0.126. The van der Waals surface area contributed by atoms with E-state index in [0.29, 0.717) is 11.8 Å². The molecule has 12 heavy (non-hydrogen) atoms. The van der Waals surface area contributed by atoms with Crippen molar-refractivity contribution in [3.63, 3.8) is 0 Å². The minimum Gasteiger partial charge on any atom is -0.151 e. The first-order valence-electron chi connectivity index (χ1n) is 5.06. The molecule has 0 heterocycles. The standard InChI is InChI=1S/C10H19NO/c1-8(2)7-9-5-3-4-6-10(9)11-12/h8-10H,3-7H2,1-2H3. The van der Waals surface area contributed by atoms with E-state index >= 15 is 0 Å². The Balaban J connectivity index is 2.41. The Kier molecular flexibility index (Phi) is 3.70. The SMILES string of the molecule is CC(C)CC1CCCCC1N=O. The van der Waals surface area contributed by atoms with Crippen molar-refractivity contribution < 1.29 is 0 Å². The van der Waals surface area contributed by atoms with Gasteiger partial charge in [-0.25, -0.2) is 0 Å². The molecular weight excluding hydrogens is 150 g/mol. The van der Waals surface area contributed by atoms with Crippen molar-refractivity contribution in [2.75, 3.05) is 0 Å². The van der Waals surface area contributed by atoms with Crippen molar-refractivity contribution in [1.82, 2.24) is 0 Å². The van der Waals surface area contributed by atoms with Gasteiger partial charge in [-0.2, -0.15) is 4.91 Å². The number of hydrogen-bond acceptors (Lipinski definition) is 2. The van der Waals surface area contributed by atoms with E-state index in [9.17, 15) is 4.91 Å². The highest BCUT2D eigenvalue weighted by Gasteiger charge is 2.26. The molecule has 1 rings (SSSR count). The highest BCUT2D eigenvalue weighted by molar-refractivity contribution is 4.80. The van der Waals surface area contributed by atoms with Crippen LogP contribution < -0.4 is 0 Å². The van der Waals surface area contributed by atoms with Crippen LogP contribution in [0, 0.1) is 16.7 Å². The molecule has 0 aromatic rings. The molecule has 1 aliphatic carbocycles. The molecule has 1 fully saturated rings. The van der Waals surface area contributed by atoms with E-state index in [-0.39, 0.29) is 6.04 Å². The Morgan fingerprint density at radius 3 is 2.58 bits per heavy atom. The minimum atomic E-state index is 0.126. The van der Waals surface area contributed by atoms with Gasteiger partial charge in [-0.1, -0.05) is 31.9 Å². The molecule has 0 amide bonds. The number of nitroso groups, excluding NO2 is 1. The molecule has 2 heteroatoms. The topological polar surface area (TPSA) is 29.4 Å². The van der Waals surface area contributed by atoms with Crippen LogP contribution in [-0.2, 0) is 0 Å². The Bertz CT molecular complexity index is 145. The molecule has 0 aromatic heterocycles. The second-order valence-corrected chi connectivity index (χ2v) is 4.35. The van der Waals surface area contributed by atoms with Gasteiger partial charge in [0.15, 0.2) is 0 Å². The molecule has 0 saturated heterocycles. The predicted octanol–water partition coefficient (Wildman–Crippen LogP) is 3.36. The van der Waals surface area contributed by atoms with Crippen molar-refractivity contribution in [2.45, 2.75) is 52.0 Å². The van der Waals surface area contributed by atoms with E-state index in [0.717, 1.165) is 6.42 Å². The quantitative estimate of drug-likeness (QED) is 0.596. The van der Waals surface area contributed by atoms with Crippen LogP contribution in [-0.4, -0.2) is 6.04 Å². The van der Waals surface area contributed by atoms with Crippen molar-refractivity contribution in [3.8, 4) is 0 Å². The number of rotatable bonds is 3. The second-order valence-electron chi connectivity index (χ2n) is 4.35. The molecule has 0 aliphatic heterocycles. The third-order valence-electron chi connectivity index (χ3n) is 2.78. The van der Waals surface area contributed by atoms with Gasteiger partial charge in [0.05, 0.1) is 6.04 Å². The molecule has 0 bridgehead atoms. The molecule has 1 saturated carbocycles. The molecule has 0 N–H and O–H groups in total. The molecule has 0 spiro atoms. The van der Waals surface area contributed by atoms with E-state index in [4.69, 9.17) is 0 Å². The molecule has 0 radical (unpaired) electrons. The lowest BCUT2D eigenvalue weighted by atomic mass is 9.80. The zero-order chi connectivity index (χ0) is 8.97. The molecule has 70 valence electrons.